The Labute approximate surface area is 169 Å². The minimum Gasteiger partial charge on any atom is -0.488 e. The number of ether oxygens (including phenoxy) is 2. The summed E-state index contributed by atoms with van der Waals surface area (Å²) in [7, 11) is 0. The van der Waals surface area contributed by atoms with Crippen LogP contribution in [-0.4, -0.2) is 42.0 Å². The summed E-state index contributed by atoms with van der Waals surface area (Å²) in [5, 5.41) is 21.1. The fraction of sp³-hybridized carbons (Fsp3) is 0.500. The zero-order valence-electron chi connectivity index (χ0n) is 16.7. The molecule has 1 aromatic carbocycles. The predicted molar refractivity (Wildman–Crippen MR) is 105 cm³/mol. The molecule has 0 saturated carbocycles. The Kier molecular flexibility index (Phi) is 7.38. The van der Waals surface area contributed by atoms with Crippen molar-refractivity contribution in [1.82, 2.24) is 4.90 Å². The summed E-state index contributed by atoms with van der Waals surface area (Å²) in [5.41, 5.74) is 1.80. The van der Waals surface area contributed by atoms with Gasteiger partial charge in [-0.2, -0.15) is 15.6 Å². The van der Waals surface area contributed by atoms with E-state index in [0.717, 1.165) is 0 Å². The predicted octanol–water partition coefficient (Wildman–Crippen LogP) is 3.67. The standard InChI is InChI=1S/C20H24FN5O3/c1-20(2,3)29-19(27)26-9-7-14(8-10-26)13-28-18-16(21)5-4-6-17(18)25-24-15(11-22)12-23/h4-6,14,25H,7-10,13H2,1-3H3. The Bertz CT molecular complexity index is 827. The highest BCUT2D eigenvalue weighted by Gasteiger charge is 2.27. The van der Waals surface area contributed by atoms with Crippen LogP contribution in [-0.2, 0) is 4.74 Å². The Morgan fingerprint density at radius 3 is 2.55 bits per heavy atom. The van der Waals surface area contributed by atoms with Crippen LogP contribution in [0.15, 0.2) is 23.3 Å². The van der Waals surface area contributed by atoms with Gasteiger partial charge in [0.15, 0.2) is 11.6 Å². The van der Waals surface area contributed by atoms with E-state index in [1.807, 2.05) is 20.8 Å². The zero-order chi connectivity index (χ0) is 21.4. The van der Waals surface area contributed by atoms with E-state index in [9.17, 15) is 9.18 Å². The zero-order valence-corrected chi connectivity index (χ0v) is 16.7. The average molecular weight is 401 g/mol. The molecule has 1 N–H and O–H groups in total. The van der Waals surface area contributed by atoms with Crippen molar-refractivity contribution in [3.63, 3.8) is 0 Å². The molecule has 0 aliphatic carbocycles. The van der Waals surface area contributed by atoms with Gasteiger partial charge in [0.25, 0.3) is 0 Å². The van der Waals surface area contributed by atoms with E-state index in [1.165, 1.54) is 12.1 Å². The minimum atomic E-state index is -0.577. The third-order valence-electron chi connectivity index (χ3n) is 4.20. The summed E-state index contributed by atoms with van der Waals surface area (Å²) in [4.78, 5) is 13.8. The molecule has 0 bridgehead atoms. The summed E-state index contributed by atoms with van der Waals surface area (Å²) in [6.45, 7) is 6.83. The number of nitrogens with zero attached hydrogens (tertiary/aromatic N) is 4. The first-order chi connectivity index (χ1) is 13.7. The second-order valence-corrected chi connectivity index (χ2v) is 7.63. The number of rotatable bonds is 5. The maximum atomic E-state index is 14.2. The lowest BCUT2D eigenvalue weighted by Gasteiger charge is -2.33. The van der Waals surface area contributed by atoms with Crippen LogP contribution in [0, 0.1) is 34.4 Å². The topological polar surface area (TPSA) is 111 Å². The van der Waals surface area contributed by atoms with E-state index in [1.54, 1.807) is 23.1 Å². The van der Waals surface area contributed by atoms with E-state index in [4.69, 9.17) is 20.0 Å². The fourth-order valence-electron chi connectivity index (χ4n) is 2.74. The molecule has 1 aromatic rings. The summed E-state index contributed by atoms with van der Waals surface area (Å²) in [6, 6.07) is 7.50. The van der Waals surface area contributed by atoms with E-state index < -0.39 is 11.4 Å². The lowest BCUT2D eigenvalue weighted by molar-refractivity contribution is 0.0164. The number of piperidine rings is 1. The molecule has 0 radical (unpaired) electrons. The van der Waals surface area contributed by atoms with Gasteiger partial charge in [-0.1, -0.05) is 6.07 Å². The van der Waals surface area contributed by atoms with Crippen molar-refractivity contribution in [2.24, 2.45) is 11.0 Å². The Balaban J connectivity index is 1.93. The molecule has 1 aliphatic heterocycles. The monoisotopic (exact) mass is 401 g/mol. The second kappa shape index (κ2) is 9.74. The molecule has 9 heteroatoms. The number of nitriles is 2. The van der Waals surface area contributed by atoms with Crippen molar-refractivity contribution in [2.75, 3.05) is 25.1 Å². The quantitative estimate of drug-likeness (QED) is 0.595. The Morgan fingerprint density at radius 1 is 1.31 bits per heavy atom. The maximum Gasteiger partial charge on any atom is 0.410 e. The fourth-order valence-corrected chi connectivity index (χ4v) is 2.74. The van der Waals surface area contributed by atoms with Gasteiger partial charge in [0.2, 0.25) is 5.71 Å². The molecule has 29 heavy (non-hydrogen) atoms. The number of para-hydroxylation sites is 1. The van der Waals surface area contributed by atoms with Crippen LogP contribution in [0.1, 0.15) is 33.6 Å². The van der Waals surface area contributed by atoms with E-state index in [0.29, 0.717) is 25.9 Å². The number of halogens is 1. The van der Waals surface area contributed by atoms with Gasteiger partial charge < -0.3 is 14.4 Å². The number of amides is 1. The number of benzene rings is 1. The molecule has 1 fully saturated rings. The van der Waals surface area contributed by atoms with Crippen LogP contribution >= 0.6 is 0 Å². The lowest BCUT2D eigenvalue weighted by Crippen LogP contribution is -2.42. The van der Waals surface area contributed by atoms with Gasteiger partial charge in [-0.25, -0.2) is 9.18 Å². The van der Waals surface area contributed by atoms with Crippen LogP contribution in [0.3, 0.4) is 0 Å². The van der Waals surface area contributed by atoms with E-state index >= 15 is 0 Å². The van der Waals surface area contributed by atoms with Crippen molar-refractivity contribution in [3.8, 4) is 17.9 Å². The van der Waals surface area contributed by atoms with Crippen molar-refractivity contribution < 1.29 is 18.7 Å². The van der Waals surface area contributed by atoms with E-state index in [2.05, 4.69) is 10.5 Å². The maximum absolute atomic E-state index is 14.2. The molecule has 1 aliphatic rings. The number of hydrogen-bond donors (Lipinski definition) is 1. The number of carbonyl (C=O) groups excluding carboxylic acids is 1. The van der Waals surface area contributed by atoms with Crippen LogP contribution < -0.4 is 10.2 Å². The first kappa shape index (κ1) is 22.0. The first-order valence-electron chi connectivity index (χ1n) is 9.26. The van der Waals surface area contributed by atoms with Crippen LogP contribution in [0.5, 0.6) is 5.75 Å². The summed E-state index contributed by atoms with van der Waals surface area (Å²) in [6.07, 6.45) is 1.09. The molecular weight excluding hydrogens is 377 g/mol. The highest BCUT2D eigenvalue weighted by molar-refractivity contribution is 6.10. The Morgan fingerprint density at radius 2 is 1.97 bits per heavy atom. The highest BCUT2D eigenvalue weighted by Crippen LogP contribution is 2.29. The molecule has 1 saturated heterocycles. The Hall–Kier alpha value is -3.33. The van der Waals surface area contributed by atoms with Crippen LogP contribution in [0.25, 0.3) is 0 Å². The van der Waals surface area contributed by atoms with Gasteiger partial charge in [0.05, 0.1) is 6.61 Å². The van der Waals surface area contributed by atoms with Gasteiger partial charge in [-0.05, 0) is 51.7 Å². The summed E-state index contributed by atoms with van der Waals surface area (Å²) < 4.78 is 25.3. The first-order valence-corrected chi connectivity index (χ1v) is 9.26. The van der Waals surface area contributed by atoms with E-state index in [-0.39, 0.29) is 35.8 Å². The van der Waals surface area contributed by atoms with Gasteiger partial charge in [0.1, 0.15) is 23.4 Å². The smallest absolute Gasteiger partial charge is 0.410 e. The van der Waals surface area contributed by atoms with Crippen molar-refractivity contribution >= 4 is 17.5 Å². The molecular formula is C20H24FN5O3. The third kappa shape index (κ3) is 6.65. The van der Waals surface area contributed by atoms with Crippen molar-refractivity contribution in [3.05, 3.63) is 24.0 Å². The average Bonchev–Trinajstić information content (AvgIpc) is 2.67. The number of likely N-dealkylation sites (tertiary alicyclic amines) is 1. The minimum absolute atomic E-state index is 0.0268. The van der Waals surface area contributed by atoms with Gasteiger partial charge in [-0.3, -0.25) is 5.43 Å². The van der Waals surface area contributed by atoms with Gasteiger partial charge in [0, 0.05) is 13.1 Å². The second-order valence-electron chi connectivity index (χ2n) is 7.63. The van der Waals surface area contributed by atoms with Gasteiger partial charge >= 0.3 is 6.09 Å². The summed E-state index contributed by atoms with van der Waals surface area (Å²) in [5.74, 6) is -0.452. The van der Waals surface area contributed by atoms with Crippen molar-refractivity contribution in [2.45, 2.75) is 39.2 Å². The number of hydrazone groups is 1. The molecule has 2 rings (SSSR count). The SMILES string of the molecule is CC(C)(C)OC(=O)N1CCC(COc2c(F)cccc2NN=C(C#N)C#N)CC1. The molecule has 8 nitrogen and oxygen atoms in total. The highest BCUT2D eigenvalue weighted by atomic mass is 19.1. The van der Waals surface area contributed by atoms with Crippen molar-refractivity contribution in [1.29, 1.82) is 10.5 Å². The van der Waals surface area contributed by atoms with Crippen LogP contribution in [0.2, 0.25) is 0 Å². The molecule has 0 atom stereocenters. The number of anilines is 1. The largest absolute Gasteiger partial charge is 0.488 e. The third-order valence-corrected chi connectivity index (χ3v) is 4.20. The number of hydrogen-bond acceptors (Lipinski definition) is 7. The normalized spacial score (nSPS) is 14.3. The molecule has 0 spiro atoms. The number of carbonyl (C=O) groups is 1. The number of nitrogens with one attached hydrogen (secondary N) is 1. The summed E-state index contributed by atoms with van der Waals surface area (Å²) >= 11 is 0. The van der Waals surface area contributed by atoms with Crippen LogP contribution in [0.4, 0.5) is 14.9 Å². The molecule has 0 aromatic heterocycles. The van der Waals surface area contributed by atoms with Gasteiger partial charge in [-0.15, -0.1) is 0 Å². The molecule has 0 unspecified atom stereocenters. The lowest BCUT2D eigenvalue weighted by atomic mass is 9.98. The molecule has 1 amide bonds. The molecule has 1 heterocycles. The molecule has 154 valence electrons.